The molecule has 1 aromatic carbocycles. The SMILES string of the molecule is C=C/C=C\C(Cl)=C(/N)n1nc(C(F)(F)F)cc1C(=O)Nc1c(Br)cc(Br)cc1C(=O)NC(C)C. The fraction of sp³-hybridized carbons (Fsp3) is 0.190. The summed E-state index contributed by atoms with van der Waals surface area (Å²) in [4.78, 5) is 25.8. The molecule has 4 N–H and O–H groups in total. The molecule has 34 heavy (non-hydrogen) atoms. The Morgan fingerprint density at radius 1 is 1.24 bits per heavy atom. The van der Waals surface area contributed by atoms with Crippen LogP contribution >= 0.6 is 43.5 Å². The molecule has 2 rings (SSSR count). The highest BCUT2D eigenvalue weighted by Crippen LogP contribution is 2.33. The minimum Gasteiger partial charge on any atom is -0.382 e. The number of alkyl halides is 3. The smallest absolute Gasteiger partial charge is 0.382 e. The number of aromatic nitrogens is 2. The molecule has 0 saturated heterocycles. The summed E-state index contributed by atoms with van der Waals surface area (Å²) in [5.41, 5.74) is 4.08. The molecule has 0 radical (unpaired) electrons. The van der Waals surface area contributed by atoms with Gasteiger partial charge in [0.05, 0.1) is 16.3 Å². The Bertz CT molecular complexity index is 1190. The monoisotopic (exact) mass is 623 g/mol. The van der Waals surface area contributed by atoms with Crippen LogP contribution < -0.4 is 16.4 Å². The van der Waals surface area contributed by atoms with Crippen molar-refractivity contribution in [3.05, 3.63) is 73.9 Å². The van der Waals surface area contributed by atoms with Gasteiger partial charge in [0.2, 0.25) is 0 Å². The van der Waals surface area contributed by atoms with Gasteiger partial charge in [0.25, 0.3) is 11.8 Å². The summed E-state index contributed by atoms with van der Waals surface area (Å²) >= 11 is 12.6. The van der Waals surface area contributed by atoms with E-state index in [-0.39, 0.29) is 22.3 Å². The van der Waals surface area contributed by atoms with Gasteiger partial charge in [-0.05, 0) is 48.0 Å². The number of hydrogen-bond donors (Lipinski definition) is 3. The molecule has 0 fully saturated rings. The van der Waals surface area contributed by atoms with E-state index in [0.29, 0.717) is 19.7 Å². The zero-order valence-electron chi connectivity index (χ0n) is 17.8. The van der Waals surface area contributed by atoms with Gasteiger partial charge in [0.15, 0.2) is 5.69 Å². The van der Waals surface area contributed by atoms with Gasteiger partial charge in [-0.15, -0.1) is 0 Å². The van der Waals surface area contributed by atoms with Crippen molar-refractivity contribution >= 4 is 66.8 Å². The molecule has 0 bridgehead atoms. The fourth-order valence-electron chi connectivity index (χ4n) is 2.60. The Balaban J connectivity index is 2.61. The molecule has 0 atom stereocenters. The van der Waals surface area contributed by atoms with Crippen LogP contribution in [0.1, 0.15) is 40.4 Å². The maximum atomic E-state index is 13.3. The van der Waals surface area contributed by atoms with Crippen LogP contribution in [0.4, 0.5) is 18.9 Å². The van der Waals surface area contributed by atoms with E-state index >= 15 is 0 Å². The molecule has 0 aliphatic rings. The Labute approximate surface area is 215 Å². The van der Waals surface area contributed by atoms with Crippen molar-refractivity contribution in [2.75, 3.05) is 5.32 Å². The number of nitrogens with zero attached hydrogens (tertiary/aromatic N) is 2. The van der Waals surface area contributed by atoms with Gasteiger partial charge in [-0.3, -0.25) is 9.59 Å². The lowest BCUT2D eigenvalue weighted by Gasteiger charge is -2.16. The second-order valence-electron chi connectivity index (χ2n) is 7.04. The Morgan fingerprint density at radius 2 is 1.88 bits per heavy atom. The largest absolute Gasteiger partial charge is 0.435 e. The third-order valence-corrected chi connectivity index (χ3v) is 5.44. The van der Waals surface area contributed by atoms with E-state index in [0.717, 1.165) is 0 Å². The number of nitrogens with two attached hydrogens (primary N) is 1. The molecule has 1 aromatic heterocycles. The number of carbonyl (C=O) groups is 2. The van der Waals surface area contributed by atoms with Crippen molar-refractivity contribution in [3.63, 3.8) is 0 Å². The highest BCUT2D eigenvalue weighted by molar-refractivity contribution is 9.11. The number of nitrogens with one attached hydrogen (secondary N) is 2. The molecule has 0 spiro atoms. The lowest BCUT2D eigenvalue weighted by atomic mass is 10.1. The third kappa shape index (κ3) is 6.73. The first-order valence-electron chi connectivity index (χ1n) is 9.49. The number of amides is 2. The van der Waals surface area contributed by atoms with E-state index in [1.54, 1.807) is 19.9 Å². The maximum Gasteiger partial charge on any atom is 0.435 e. The molecule has 0 aliphatic carbocycles. The number of carbonyl (C=O) groups excluding carboxylic acids is 2. The van der Waals surface area contributed by atoms with Gasteiger partial charge in [-0.25, -0.2) is 4.68 Å². The van der Waals surface area contributed by atoms with E-state index in [9.17, 15) is 22.8 Å². The number of hydrogen-bond acceptors (Lipinski definition) is 4. The lowest BCUT2D eigenvalue weighted by molar-refractivity contribution is -0.141. The second-order valence-corrected chi connectivity index (χ2v) is 9.22. The highest BCUT2D eigenvalue weighted by Gasteiger charge is 2.36. The summed E-state index contributed by atoms with van der Waals surface area (Å²) in [7, 11) is 0. The zero-order chi connectivity index (χ0) is 25.8. The first kappa shape index (κ1) is 27.7. The van der Waals surface area contributed by atoms with Gasteiger partial charge < -0.3 is 16.4 Å². The summed E-state index contributed by atoms with van der Waals surface area (Å²) in [5, 5.41) is 8.40. The summed E-state index contributed by atoms with van der Waals surface area (Å²) in [6, 6.07) is 3.34. The maximum absolute atomic E-state index is 13.3. The topological polar surface area (TPSA) is 102 Å². The van der Waals surface area contributed by atoms with Gasteiger partial charge >= 0.3 is 6.18 Å². The molecule has 13 heteroatoms. The van der Waals surface area contributed by atoms with Gasteiger partial charge in [0, 0.05) is 21.1 Å². The molecule has 2 aromatic rings. The van der Waals surface area contributed by atoms with E-state index in [1.165, 1.54) is 24.3 Å². The number of allylic oxidation sites excluding steroid dienone is 4. The predicted octanol–water partition coefficient (Wildman–Crippen LogP) is 5.88. The van der Waals surface area contributed by atoms with Crippen LogP contribution in [0.15, 0.2) is 57.0 Å². The van der Waals surface area contributed by atoms with Crippen molar-refractivity contribution in [2.24, 2.45) is 5.73 Å². The van der Waals surface area contributed by atoms with Crippen molar-refractivity contribution in [3.8, 4) is 0 Å². The number of halogens is 6. The lowest BCUT2D eigenvalue weighted by Crippen LogP contribution is -2.31. The fourth-order valence-corrected chi connectivity index (χ4v) is 4.08. The Hall–Kier alpha value is -2.57. The Kier molecular flexibility index (Phi) is 9.15. The molecule has 7 nitrogen and oxygen atoms in total. The van der Waals surface area contributed by atoms with Crippen LogP contribution in [-0.2, 0) is 6.18 Å². The molecular formula is C21H19Br2ClF3N5O2. The first-order valence-corrected chi connectivity index (χ1v) is 11.5. The quantitative estimate of drug-likeness (QED) is 0.335. The van der Waals surface area contributed by atoms with Gasteiger partial charge in [-0.1, -0.05) is 46.3 Å². The molecule has 0 saturated carbocycles. The van der Waals surface area contributed by atoms with E-state index in [1.807, 2.05) is 0 Å². The minimum atomic E-state index is -4.86. The van der Waals surface area contributed by atoms with Gasteiger partial charge in [0.1, 0.15) is 11.5 Å². The minimum absolute atomic E-state index is 0.0351. The molecule has 182 valence electrons. The normalized spacial score (nSPS) is 12.6. The number of benzene rings is 1. The van der Waals surface area contributed by atoms with Gasteiger partial charge in [-0.2, -0.15) is 18.3 Å². The van der Waals surface area contributed by atoms with Crippen molar-refractivity contribution in [2.45, 2.75) is 26.1 Å². The highest BCUT2D eigenvalue weighted by atomic mass is 79.9. The first-order chi connectivity index (χ1) is 15.8. The summed E-state index contributed by atoms with van der Waals surface area (Å²) in [6.07, 6.45) is -0.797. The van der Waals surface area contributed by atoms with E-state index < -0.39 is 35.2 Å². The van der Waals surface area contributed by atoms with E-state index in [4.69, 9.17) is 17.3 Å². The number of rotatable bonds is 7. The molecule has 0 unspecified atom stereocenters. The summed E-state index contributed by atoms with van der Waals surface area (Å²) in [5.74, 6) is -1.94. The van der Waals surface area contributed by atoms with E-state index in [2.05, 4.69) is 54.2 Å². The van der Waals surface area contributed by atoms with Crippen LogP contribution in [0.5, 0.6) is 0 Å². The molecule has 0 aliphatic heterocycles. The molecular weight excluding hydrogens is 607 g/mol. The predicted molar refractivity (Wildman–Crippen MR) is 132 cm³/mol. The zero-order valence-corrected chi connectivity index (χ0v) is 21.7. The standard InChI is InChI=1S/C21H19Br2ClF3N5O2/c1-4-5-6-14(24)18(28)32-15(9-16(31-32)21(25,26)27)20(34)30-17-12(19(33)29-10(2)3)7-11(22)8-13(17)23/h4-10H,1,28H2,2-3H3,(H,29,33)(H,30,34)/b6-5-,18-14-. The number of anilines is 1. The van der Waals surface area contributed by atoms with Crippen molar-refractivity contribution < 1.29 is 22.8 Å². The third-order valence-electron chi connectivity index (χ3n) is 4.04. The molecule has 2 amide bonds. The average Bonchev–Trinajstić information content (AvgIpc) is 3.18. The van der Waals surface area contributed by atoms with Crippen LogP contribution in [0.2, 0.25) is 0 Å². The van der Waals surface area contributed by atoms with Crippen LogP contribution in [0, 0.1) is 0 Å². The molecule has 1 heterocycles. The second kappa shape index (κ2) is 11.2. The Morgan fingerprint density at radius 3 is 2.44 bits per heavy atom. The average molecular weight is 626 g/mol. The summed E-state index contributed by atoms with van der Waals surface area (Å²) < 4.78 is 41.5. The van der Waals surface area contributed by atoms with Crippen LogP contribution in [0.25, 0.3) is 5.82 Å². The summed E-state index contributed by atoms with van der Waals surface area (Å²) in [6.45, 7) is 6.96. The van der Waals surface area contributed by atoms with Crippen molar-refractivity contribution in [1.29, 1.82) is 0 Å². The van der Waals surface area contributed by atoms with Crippen molar-refractivity contribution in [1.82, 2.24) is 15.1 Å². The van der Waals surface area contributed by atoms with Crippen LogP contribution in [-0.4, -0.2) is 27.6 Å². The van der Waals surface area contributed by atoms with Crippen LogP contribution in [0.3, 0.4) is 0 Å².